The Labute approximate surface area is 94.8 Å². The number of ether oxygens (including phenoxy) is 1. The van der Waals surface area contributed by atoms with Crippen molar-refractivity contribution in [3.05, 3.63) is 5.89 Å². The summed E-state index contributed by atoms with van der Waals surface area (Å²) in [5, 5.41) is 14.1. The molecule has 0 aliphatic carbocycles. The molecule has 1 saturated heterocycles. The van der Waals surface area contributed by atoms with Crippen LogP contribution in [0.4, 0.5) is 6.01 Å². The molecule has 0 bridgehead atoms. The molecule has 0 radical (unpaired) electrons. The van der Waals surface area contributed by atoms with Crippen LogP contribution in [0.2, 0.25) is 0 Å². The predicted molar refractivity (Wildman–Crippen MR) is 59.1 cm³/mol. The molecular weight excluding hydrogens is 208 g/mol. The van der Waals surface area contributed by atoms with Crippen molar-refractivity contribution in [1.29, 1.82) is 0 Å². The summed E-state index contributed by atoms with van der Waals surface area (Å²) in [5.74, 6) is 0.588. The molecule has 16 heavy (non-hydrogen) atoms. The standard InChI is InChI=1S/C10H18N4O2/c1-10(4-3-5-15-7-10)12-9-14-13-8(16-9)6-11-2/h11H,3-7H2,1-2H3,(H,12,14). The van der Waals surface area contributed by atoms with Crippen molar-refractivity contribution in [2.24, 2.45) is 0 Å². The first kappa shape index (κ1) is 11.3. The predicted octanol–water partition coefficient (Wildman–Crippen LogP) is 0.770. The van der Waals surface area contributed by atoms with Gasteiger partial charge in [0.2, 0.25) is 5.89 Å². The summed E-state index contributed by atoms with van der Waals surface area (Å²) in [6.07, 6.45) is 2.11. The number of rotatable bonds is 4. The Morgan fingerprint density at radius 1 is 1.44 bits per heavy atom. The van der Waals surface area contributed by atoms with Crippen molar-refractivity contribution in [3.8, 4) is 0 Å². The van der Waals surface area contributed by atoms with E-state index in [1.54, 1.807) is 0 Å². The highest BCUT2D eigenvalue weighted by atomic mass is 16.5. The summed E-state index contributed by atoms with van der Waals surface area (Å²) < 4.78 is 10.9. The second-order valence-electron chi connectivity index (χ2n) is 4.37. The van der Waals surface area contributed by atoms with Crippen LogP contribution in [0.3, 0.4) is 0 Å². The molecule has 1 unspecified atom stereocenters. The maximum atomic E-state index is 5.45. The van der Waals surface area contributed by atoms with Crippen molar-refractivity contribution in [3.63, 3.8) is 0 Å². The molecule has 1 aromatic rings. The van der Waals surface area contributed by atoms with Gasteiger partial charge in [0.25, 0.3) is 0 Å². The van der Waals surface area contributed by atoms with Crippen molar-refractivity contribution in [2.45, 2.75) is 31.8 Å². The second kappa shape index (κ2) is 4.80. The van der Waals surface area contributed by atoms with E-state index in [0.29, 0.717) is 25.1 Å². The van der Waals surface area contributed by atoms with Crippen LogP contribution in [0, 0.1) is 0 Å². The average molecular weight is 226 g/mol. The largest absolute Gasteiger partial charge is 0.407 e. The molecule has 0 saturated carbocycles. The lowest BCUT2D eigenvalue weighted by Crippen LogP contribution is -2.43. The molecule has 2 heterocycles. The lowest BCUT2D eigenvalue weighted by Gasteiger charge is -2.33. The number of nitrogens with zero attached hydrogens (tertiary/aromatic N) is 2. The molecule has 90 valence electrons. The van der Waals surface area contributed by atoms with Crippen LogP contribution in [-0.4, -0.2) is 36.0 Å². The van der Waals surface area contributed by atoms with Gasteiger partial charge in [-0.1, -0.05) is 5.10 Å². The van der Waals surface area contributed by atoms with E-state index in [9.17, 15) is 0 Å². The summed E-state index contributed by atoms with van der Waals surface area (Å²) in [5.41, 5.74) is -0.0955. The Morgan fingerprint density at radius 2 is 2.31 bits per heavy atom. The van der Waals surface area contributed by atoms with Crippen LogP contribution in [0.25, 0.3) is 0 Å². The Balaban J connectivity index is 1.96. The van der Waals surface area contributed by atoms with Crippen LogP contribution in [0.15, 0.2) is 4.42 Å². The minimum absolute atomic E-state index is 0.0955. The van der Waals surface area contributed by atoms with Crippen LogP contribution in [0.1, 0.15) is 25.7 Å². The Morgan fingerprint density at radius 3 is 3.00 bits per heavy atom. The van der Waals surface area contributed by atoms with E-state index >= 15 is 0 Å². The number of hydrogen-bond acceptors (Lipinski definition) is 6. The van der Waals surface area contributed by atoms with Gasteiger partial charge in [0.15, 0.2) is 0 Å². The molecule has 2 N–H and O–H groups in total. The summed E-state index contributed by atoms with van der Waals surface area (Å²) in [6, 6.07) is 0.471. The normalized spacial score (nSPS) is 25.6. The first-order chi connectivity index (χ1) is 7.72. The molecule has 1 fully saturated rings. The molecule has 6 nitrogen and oxygen atoms in total. The fourth-order valence-corrected chi connectivity index (χ4v) is 1.82. The van der Waals surface area contributed by atoms with E-state index in [-0.39, 0.29) is 5.54 Å². The van der Waals surface area contributed by atoms with Crippen LogP contribution >= 0.6 is 0 Å². The van der Waals surface area contributed by atoms with E-state index in [0.717, 1.165) is 19.4 Å². The highest BCUT2D eigenvalue weighted by Gasteiger charge is 2.29. The zero-order valence-corrected chi connectivity index (χ0v) is 9.75. The van der Waals surface area contributed by atoms with Crippen molar-refractivity contribution < 1.29 is 9.15 Å². The highest BCUT2D eigenvalue weighted by Crippen LogP contribution is 2.23. The minimum Gasteiger partial charge on any atom is -0.407 e. The fourth-order valence-electron chi connectivity index (χ4n) is 1.82. The Kier molecular flexibility index (Phi) is 3.40. The number of hydrogen-bond donors (Lipinski definition) is 2. The SMILES string of the molecule is CNCc1nnc(NC2(C)CCCOC2)o1. The second-order valence-corrected chi connectivity index (χ2v) is 4.37. The molecule has 0 spiro atoms. The quantitative estimate of drug-likeness (QED) is 0.790. The van der Waals surface area contributed by atoms with E-state index in [2.05, 4.69) is 27.8 Å². The topological polar surface area (TPSA) is 72.2 Å². The first-order valence-electron chi connectivity index (χ1n) is 5.55. The summed E-state index contributed by atoms with van der Waals surface area (Å²) >= 11 is 0. The van der Waals surface area contributed by atoms with Crippen LogP contribution < -0.4 is 10.6 Å². The van der Waals surface area contributed by atoms with Gasteiger partial charge in [0.1, 0.15) is 0 Å². The van der Waals surface area contributed by atoms with Gasteiger partial charge in [-0.05, 0) is 26.8 Å². The van der Waals surface area contributed by atoms with E-state index in [4.69, 9.17) is 9.15 Å². The third kappa shape index (κ3) is 2.70. The fraction of sp³-hybridized carbons (Fsp3) is 0.800. The molecule has 1 atom stereocenters. The van der Waals surface area contributed by atoms with Crippen LogP contribution in [-0.2, 0) is 11.3 Å². The third-order valence-corrected chi connectivity index (χ3v) is 2.64. The van der Waals surface area contributed by atoms with E-state index < -0.39 is 0 Å². The number of anilines is 1. The molecule has 0 aromatic carbocycles. The summed E-state index contributed by atoms with van der Waals surface area (Å²) in [7, 11) is 1.84. The number of nitrogens with one attached hydrogen (secondary N) is 2. The van der Waals surface area contributed by atoms with Gasteiger partial charge in [-0.3, -0.25) is 0 Å². The molecule has 1 aliphatic rings. The Hall–Kier alpha value is -1.14. The minimum atomic E-state index is -0.0955. The van der Waals surface area contributed by atoms with Gasteiger partial charge in [-0.2, -0.15) is 0 Å². The van der Waals surface area contributed by atoms with Gasteiger partial charge in [0, 0.05) is 6.61 Å². The van der Waals surface area contributed by atoms with Gasteiger partial charge in [0.05, 0.1) is 18.7 Å². The smallest absolute Gasteiger partial charge is 0.316 e. The van der Waals surface area contributed by atoms with Crippen molar-refractivity contribution >= 4 is 6.01 Å². The molecule has 1 aliphatic heterocycles. The average Bonchev–Trinajstić information content (AvgIpc) is 2.66. The van der Waals surface area contributed by atoms with Crippen molar-refractivity contribution in [1.82, 2.24) is 15.5 Å². The first-order valence-corrected chi connectivity index (χ1v) is 5.55. The maximum absolute atomic E-state index is 5.45. The van der Waals surface area contributed by atoms with Crippen LogP contribution in [0.5, 0.6) is 0 Å². The van der Waals surface area contributed by atoms with Gasteiger partial charge >= 0.3 is 6.01 Å². The zero-order valence-electron chi connectivity index (χ0n) is 9.75. The monoisotopic (exact) mass is 226 g/mol. The maximum Gasteiger partial charge on any atom is 0.316 e. The number of aromatic nitrogens is 2. The van der Waals surface area contributed by atoms with Crippen molar-refractivity contribution in [2.75, 3.05) is 25.6 Å². The molecule has 0 amide bonds. The van der Waals surface area contributed by atoms with E-state index in [1.807, 2.05) is 7.05 Å². The van der Waals surface area contributed by atoms with Gasteiger partial charge in [-0.15, -0.1) is 5.10 Å². The summed E-state index contributed by atoms with van der Waals surface area (Å²) in [4.78, 5) is 0. The van der Waals surface area contributed by atoms with E-state index in [1.165, 1.54) is 0 Å². The molecule has 1 aromatic heterocycles. The zero-order chi connectivity index (χ0) is 11.4. The van der Waals surface area contributed by atoms with Gasteiger partial charge < -0.3 is 19.8 Å². The molecule has 6 heteroatoms. The Bertz CT molecular complexity index is 333. The molecule has 2 rings (SSSR count). The lowest BCUT2D eigenvalue weighted by molar-refractivity contribution is 0.0530. The highest BCUT2D eigenvalue weighted by molar-refractivity contribution is 5.24. The van der Waals surface area contributed by atoms with Gasteiger partial charge in [-0.25, -0.2) is 0 Å². The summed E-state index contributed by atoms with van der Waals surface area (Å²) in [6.45, 7) is 4.21. The lowest BCUT2D eigenvalue weighted by atomic mass is 9.95. The third-order valence-electron chi connectivity index (χ3n) is 2.64. The molecular formula is C10H18N4O2.